The van der Waals surface area contributed by atoms with Gasteiger partial charge in [0.15, 0.2) is 5.84 Å². The topological polar surface area (TPSA) is 111 Å². The summed E-state index contributed by atoms with van der Waals surface area (Å²) in [5.41, 5.74) is 6.65. The standard InChI is InChI=1S/C10H15N3O3/c11-10(13-16)8-3-1-2-4-9(8)12-5-7(15)6-14/h1-4,7,12,14-16H,5-6H2,(H2,11,13). The van der Waals surface area contributed by atoms with Crippen LogP contribution in [0.1, 0.15) is 5.56 Å². The number of para-hydroxylation sites is 1. The molecule has 1 atom stereocenters. The zero-order valence-electron chi connectivity index (χ0n) is 8.67. The molecule has 0 saturated heterocycles. The highest BCUT2D eigenvalue weighted by Crippen LogP contribution is 2.14. The maximum atomic E-state index is 9.18. The zero-order chi connectivity index (χ0) is 12.0. The van der Waals surface area contributed by atoms with E-state index in [0.29, 0.717) is 11.3 Å². The van der Waals surface area contributed by atoms with Crippen LogP contribution >= 0.6 is 0 Å². The van der Waals surface area contributed by atoms with Crippen molar-refractivity contribution in [2.75, 3.05) is 18.5 Å². The Hall–Kier alpha value is -1.79. The largest absolute Gasteiger partial charge is 0.409 e. The first kappa shape index (κ1) is 12.3. The molecule has 0 aromatic heterocycles. The number of benzene rings is 1. The summed E-state index contributed by atoms with van der Waals surface area (Å²) in [6.07, 6.45) is -0.847. The molecule has 0 spiro atoms. The van der Waals surface area contributed by atoms with Crippen LogP contribution in [0.3, 0.4) is 0 Å². The fourth-order valence-corrected chi connectivity index (χ4v) is 1.21. The van der Waals surface area contributed by atoms with E-state index in [1.54, 1.807) is 24.3 Å². The summed E-state index contributed by atoms with van der Waals surface area (Å²) in [6.45, 7) is -0.134. The van der Waals surface area contributed by atoms with Crippen LogP contribution in [0.2, 0.25) is 0 Å². The highest BCUT2D eigenvalue weighted by Gasteiger charge is 2.07. The lowest BCUT2D eigenvalue weighted by atomic mass is 10.1. The molecule has 1 aromatic rings. The lowest BCUT2D eigenvalue weighted by molar-refractivity contribution is 0.105. The van der Waals surface area contributed by atoms with E-state index in [1.807, 2.05) is 0 Å². The van der Waals surface area contributed by atoms with E-state index in [4.69, 9.17) is 16.0 Å². The average molecular weight is 225 g/mol. The first-order valence-corrected chi connectivity index (χ1v) is 4.78. The van der Waals surface area contributed by atoms with Crippen LogP contribution in [0.15, 0.2) is 29.4 Å². The van der Waals surface area contributed by atoms with E-state index in [0.717, 1.165) is 0 Å². The molecule has 6 N–H and O–H groups in total. The van der Waals surface area contributed by atoms with E-state index in [9.17, 15) is 5.11 Å². The third kappa shape index (κ3) is 3.11. The second kappa shape index (κ2) is 5.94. The molecular weight excluding hydrogens is 210 g/mol. The number of aliphatic hydroxyl groups is 2. The fraction of sp³-hybridized carbons (Fsp3) is 0.300. The lowest BCUT2D eigenvalue weighted by Crippen LogP contribution is -2.24. The van der Waals surface area contributed by atoms with Gasteiger partial charge in [-0.15, -0.1) is 0 Å². The van der Waals surface area contributed by atoms with Crippen molar-refractivity contribution in [3.63, 3.8) is 0 Å². The van der Waals surface area contributed by atoms with Gasteiger partial charge in [-0.2, -0.15) is 0 Å². The summed E-state index contributed by atoms with van der Waals surface area (Å²) in [7, 11) is 0. The van der Waals surface area contributed by atoms with Crippen LogP contribution < -0.4 is 11.1 Å². The predicted molar refractivity (Wildman–Crippen MR) is 60.5 cm³/mol. The van der Waals surface area contributed by atoms with Gasteiger partial charge in [-0.1, -0.05) is 17.3 Å². The molecule has 0 saturated carbocycles. The van der Waals surface area contributed by atoms with E-state index in [1.165, 1.54) is 0 Å². The molecule has 0 aliphatic heterocycles. The number of amidine groups is 1. The minimum absolute atomic E-state index is 0.0124. The lowest BCUT2D eigenvalue weighted by Gasteiger charge is -2.13. The maximum Gasteiger partial charge on any atom is 0.172 e. The van der Waals surface area contributed by atoms with E-state index < -0.39 is 6.10 Å². The van der Waals surface area contributed by atoms with Crippen molar-refractivity contribution in [3.8, 4) is 0 Å². The minimum atomic E-state index is -0.847. The van der Waals surface area contributed by atoms with Gasteiger partial charge >= 0.3 is 0 Å². The van der Waals surface area contributed by atoms with Crippen molar-refractivity contribution in [2.24, 2.45) is 10.9 Å². The normalized spacial score (nSPS) is 13.5. The minimum Gasteiger partial charge on any atom is -0.409 e. The molecule has 0 amide bonds. The maximum absolute atomic E-state index is 9.18. The van der Waals surface area contributed by atoms with Gasteiger partial charge in [0.1, 0.15) is 0 Å². The van der Waals surface area contributed by atoms with Crippen LogP contribution in [0.5, 0.6) is 0 Å². The molecule has 6 nitrogen and oxygen atoms in total. The molecule has 88 valence electrons. The van der Waals surface area contributed by atoms with Gasteiger partial charge in [0, 0.05) is 17.8 Å². The van der Waals surface area contributed by atoms with Crippen LogP contribution in [-0.2, 0) is 0 Å². The molecule has 16 heavy (non-hydrogen) atoms. The second-order valence-electron chi connectivity index (χ2n) is 3.25. The van der Waals surface area contributed by atoms with E-state index >= 15 is 0 Å². The first-order valence-electron chi connectivity index (χ1n) is 4.78. The second-order valence-corrected chi connectivity index (χ2v) is 3.25. The van der Waals surface area contributed by atoms with Crippen LogP contribution in [0.25, 0.3) is 0 Å². The summed E-state index contributed by atoms with van der Waals surface area (Å²) in [4.78, 5) is 0. The van der Waals surface area contributed by atoms with Gasteiger partial charge in [-0.05, 0) is 12.1 Å². The molecule has 0 heterocycles. The number of nitrogens with zero attached hydrogens (tertiary/aromatic N) is 1. The molecular formula is C10H15N3O3. The Labute approximate surface area is 93.0 Å². The number of hydrogen-bond donors (Lipinski definition) is 5. The van der Waals surface area contributed by atoms with Gasteiger partial charge in [0.25, 0.3) is 0 Å². The zero-order valence-corrected chi connectivity index (χ0v) is 8.67. The van der Waals surface area contributed by atoms with Gasteiger partial charge in [0.2, 0.25) is 0 Å². The van der Waals surface area contributed by atoms with Crippen LogP contribution in [0.4, 0.5) is 5.69 Å². The molecule has 1 unspecified atom stereocenters. The smallest absolute Gasteiger partial charge is 0.172 e. The highest BCUT2D eigenvalue weighted by atomic mass is 16.4. The van der Waals surface area contributed by atoms with Crippen LogP contribution in [-0.4, -0.2) is 40.5 Å². The molecule has 0 aliphatic rings. The summed E-state index contributed by atoms with van der Waals surface area (Å²) in [5, 5.41) is 32.2. The monoisotopic (exact) mass is 225 g/mol. The van der Waals surface area contributed by atoms with Crippen molar-refractivity contribution >= 4 is 11.5 Å². The number of anilines is 1. The van der Waals surface area contributed by atoms with Crippen molar-refractivity contribution < 1.29 is 15.4 Å². The summed E-state index contributed by atoms with van der Waals surface area (Å²) in [6, 6.07) is 6.95. The van der Waals surface area contributed by atoms with E-state index in [2.05, 4.69) is 10.5 Å². The summed E-state index contributed by atoms with van der Waals surface area (Å²) >= 11 is 0. The number of nitrogens with two attached hydrogens (primary N) is 1. The Kier molecular flexibility index (Phi) is 4.56. The van der Waals surface area contributed by atoms with Gasteiger partial charge < -0.3 is 26.5 Å². The summed E-state index contributed by atoms with van der Waals surface area (Å²) < 4.78 is 0. The Morgan fingerprint density at radius 2 is 2.12 bits per heavy atom. The molecule has 6 heteroatoms. The Morgan fingerprint density at radius 3 is 2.75 bits per heavy atom. The van der Waals surface area contributed by atoms with Crippen molar-refractivity contribution in [2.45, 2.75) is 6.10 Å². The number of oxime groups is 1. The third-order valence-corrected chi connectivity index (χ3v) is 2.05. The van der Waals surface area contributed by atoms with Gasteiger partial charge in [0.05, 0.1) is 12.7 Å². The van der Waals surface area contributed by atoms with Crippen molar-refractivity contribution in [3.05, 3.63) is 29.8 Å². The molecule has 0 aliphatic carbocycles. The van der Waals surface area contributed by atoms with Crippen LogP contribution in [0, 0.1) is 0 Å². The number of aliphatic hydroxyl groups excluding tert-OH is 2. The van der Waals surface area contributed by atoms with Gasteiger partial charge in [-0.3, -0.25) is 0 Å². The summed E-state index contributed by atoms with van der Waals surface area (Å²) in [5.74, 6) is -0.0124. The number of nitrogens with one attached hydrogen (secondary N) is 1. The third-order valence-electron chi connectivity index (χ3n) is 2.05. The first-order chi connectivity index (χ1) is 7.69. The fourth-order valence-electron chi connectivity index (χ4n) is 1.21. The number of hydrogen-bond acceptors (Lipinski definition) is 5. The Balaban J connectivity index is 2.79. The van der Waals surface area contributed by atoms with Gasteiger partial charge in [-0.25, -0.2) is 0 Å². The molecule has 0 fully saturated rings. The Bertz CT molecular complexity index is 368. The SMILES string of the molecule is NC(=NO)c1ccccc1NCC(O)CO. The molecule has 1 aromatic carbocycles. The van der Waals surface area contributed by atoms with Crippen molar-refractivity contribution in [1.82, 2.24) is 0 Å². The average Bonchev–Trinajstić information content (AvgIpc) is 2.35. The Morgan fingerprint density at radius 1 is 1.44 bits per heavy atom. The van der Waals surface area contributed by atoms with Crippen molar-refractivity contribution in [1.29, 1.82) is 0 Å². The van der Waals surface area contributed by atoms with E-state index in [-0.39, 0.29) is 19.0 Å². The molecule has 0 radical (unpaired) electrons. The molecule has 1 rings (SSSR count). The highest BCUT2D eigenvalue weighted by molar-refractivity contribution is 6.01. The quantitative estimate of drug-likeness (QED) is 0.202. The number of rotatable bonds is 5. The molecule has 0 bridgehead atoms. The predicted octanol–water partition coefficient (Wildman–Crippen LogP) is -0.454.